The predicted molar refractivity (Wildman–Crippen MR) is 102 cm³/mol. The van der Waals surface area contributed by atoms with E-state index >= 15 is 0 Å². The van der Waals surface area contributed by atoms with E-state index in [2.05, 4.69) is 38.9 Å². The van der Waals surface area contributed by atoms with E-state index in [1.54, 1.807) is 0 Å². The van der Waals surface area contributed by atoms with E-state index in [0.717, 1.165) is 52.0 Å². The highest BCUT2D eigenvalue weighted by Crippen LogP contribution is 2.37. The fourth-order valence-electron chi connectivity index (χ4n) is 4.23. The van der Waals surface area contributed by atoms with Crippen LogP contribution in [0.25, 0.3) is 0 Å². The van der Waals surface area contributed by atoms with E-state index in [1.165, 1.54) is 11.1 Å². The number of rotatable bonds is 5. The highest BCUT2D eigenvalue weighted by atomic mass is 16.5. The first-order valence-corrected chi connectivity index (χ1v) is 9.57. The van der Waals surface area contributed by atoms with Crippen molar-refractivity contribution in [3.05, 3.63) is 60.2 Å². The smallest absolute Gasteiger partial charge is 0.0723 e. The molecule has 2 aromatic heterocycles. The molecule has 26 heavy (non-hydrogen) atoms. The van der Waals surface area contributed by atoms with Gasteiger partial charge in [0, 0.05) is 57.0 Å². The summed E-state index contributed by atoms with van der Waals surface area (Å²) in [4.78, 5) is 13.4. The summed E-state index contributed by atoms with van der Waals surface area (Å²) in [6, 6.07) is 8.83. The first kappa shape index (κ1) is 17.6. The van der Waals surface area contributed by atoms with Crippen molar-refractivity contribution in [1.29, 1.82) is 0 Å². The zero-order chi connectivity index (χ0) is 17.8. The van der Waals surface area contributed by atoms with Gasteiger partial charge in [-0.3, -0.25) is 19.8 Å². The van der Waals surface area contributed by atoms with Crippen molar-refractivity contribution in [2.45, 2.75) is 44.0 Å². The van der Waals surface area contributed by atoms with Crippen LogP contribution >= 0.6 is 0 Å². The molecule has 1 spiro atoms. The number of nitrogens with zero attached hydrogens (tertiary/aromatic N) is 4. The fourth-order valence-corrected chi connectivity index (χ4v) is 4.23. The molecule has 0 aliphatic carbocycles. The molecule has 0 aromatic carbocycles. The molecule has 1 atom stereocenters. The van der Waals surface area contributed by atoms with Crippen LogP contribution in [0.5, 0.6) is 0 Å². The Kier molecular flexibility index (Phi) is 5.29. The summed E-state index contributed by atoms with van der Waals surface area (Å²) in [6.07, 6.45) is 11.0. The second-order valence-corrected chi connectivity index (χ2v) is 7.77. The third-order valence-corrected chi connectivity index (χ3v) is 5.86. The van der Waals surface area contributed by atoms with Gasteiger partial charge in [0.2, 0.25) is 0 Å². The molecule has 2 aromatic rings. The number of hydrogen-bond acceptors (Lipinski definition) is 5. The summed E-state index contributed by atoms with van der Waals surface area (Å²) in [5.74, 6) is 0. The molecule has 0 radical (unpaired) electrons. The zero-order valence-electron chi connectivity index (χ0n) is 15.6. The van der Waals surface area contributed by atoms with Gasteiger partial charge in [-0.1, -0.05) is 12.1 Å². The number of likely N-dealkylation sites (tertiary alicyclic amines) is 1. The van der Waals surface area contributed by atoms with E-state index in [0.29, 0.717) is 6.04 Å². The van der Waals surface area contributed by atoms with Crippen molar-refractivity contribution in [1.82, 2.24) is 19.8 Å². The Morgan fingerprint density at radius 2 is 1.81 bits per heavy atom. The van der Waals surface area contributed by atoms with E-state index in [9.17, 15) is 0 Å². The molecule has 0 bridgehead atoms. The molecule has 2 saturated heterocycles. The Morgan fingerprint density at radius 1 is 1.12 bits per heavy atom. The number of aromatic nitrogens is 2. The molecule has 0 unspecified atom stereocenters. The van der Waals surface area contributed by atoms with Crippen LogP contribution in [0.2, 0.25) is 0 Å². The van der Waals surface area contributed by atoms with Gasteiger partial charge in [-0.2, -0.15) is 0 Å². The summed E-state index contributed by atoms with van der Waals surface area (Å²) < 4.78 is 6.36. The van der Waals surface area contributed by atoms with Crippen molar-refractivity contribution >= 4 is 0 Å². The fraction of sp³-hybridized carbons (Fsp3) is 0.524. The molecule has 2 fully saturated rings. The monoisotopic (exact) mass is 352 g/mol. The van der Waals surface area contributed by atoms with Crippen LogP contribution in [0.4, 0.5) is 0 Å². The van der Waals surface area contributed by atoms with Crippen molar-refractivity contribution in [3.8, 4) is 0 Å². The molecule has 5 nitrogen and oxygen atoms in total. The molecule has 0 N–H and O–H groups in total. The number of ether oxygens (including phenoxy) is 1. The standard InChI is InChI=1S/C21H28N4O/c1-24(15-18-4-2-8-22-13-18)20-12-21(26-17-20)6-10-25(11-7-21)16-19-5-3-9-23-14-19/h2-5,8-9,13-14,20H,6-7,10-12,15-17H2,1H3/t20-/m1/s1. The van der Waals surface area contributed by atoms with Crippen molar-refractivity contribution in [3.63, 3.8) is 0 Å². The molecule has 2 aliphatic rings. The van der Waals surface area contributed by atoms with E-state index in [1.807, 2.05) is 36.9 Å². The van der Waals surface area contributed by atoms with Crippen LogP contribution in [0.15, 0.2) is 49.1 Å². The van der Waals surface area contributed by atoms with Crippen LogP contribution < -0.4 is 0 Å². The quantitative estimate of drug-likeness (QED) is 0.828. The minimum atomic E-state index is 0.0826. The molecule has 2 aliphatic heterocycles. The van der Waals surface area contributed by atoms with Crippen LogP contribution in [0.3, 0.4) is 0 Å². The van der Waals surface area contributed by atoms with Crippen molar-refractivity contribution in [2.24, 2.45) is 0 Å². The lowest BCUT2D eigenvalue weighted by Crippen LogP contribution is -2.44. The van der Waals surface area contributed by atoms with Gasteiger partial charge in [0.05, 0.1) is 12.2 Å². The first-order valence-electron chi connectivity index (χ1n) is 9.57. The maximum absolute atomic E-state index is 6.36. The highest BCUT2D eigenvalue weighted by Gasteiger charge is 2.43. The lowest BCUT2D eigenvalue weighted by molar-refractivity contribution is -0.0452. The first-order chi connectivity index (χ1) is 12.7. The predicted octanol–water partition coefficient (Wildman–Crippen LogP) is 2.73. The molecular weight excluding hydrogens is 324 g/mol. The van der Waals surface area contributed by atoms with Crippen molar-refractivity contribution < 1.29 is 4.74 Å². The van der Waals surface area contributed by atoms with Crippen LogP contribution in [0.1, 0.15) is 30.4 Å². The lowest BCUT2D eigenvalue weighted by atomic mass is 9.87. The normalized spacial score (nSPS) is 22.9. The van der Waals surface area contributed by atoms with Gasteiger partial charge in [0.15, 0.2) is 0 Å². The van der Waals surface area contributed by atoms with Crippen LogP contribution in [-0.4, -0.2) is 58.2 Å². The highest BCUT2D eigenvalue weighted by molar-refractivity contribution is 5.10. The van der Waals surface area contributed by atoms with Gasteiger partial charge in [-0.25, -0.2) is 0 Å². The van der Waals surface area contributed by atoms with Gasteiger partial charge in [0.25, 0.3) is 0 Å². The largest absolute Gasteiger partial charge is 0.373 e. The average molecular weight is 352 g/mol. The maximum atomic E-state index is 6.36. The van der Waals surface area contributed by atoms with Crippen molar-refractivity contribution in [2.75, 3.05) is 26.7 Å². The summed E-state index contributed by atoms with van der Waals surface area (Å²) in [5.41, 5.74) is 2.64. The minimum Gasteiger partial charge on any atom is -0.373 e. The Bertz CT molecular complexity index is 686. The molecule has 5 heteroatoms. The summed E-state index contributed by atoms with van der Waals surface area (Å²) in [6.45, 7) is 4.99. The summed E-state index contributed by atoms with van der Waals surface area (Å²) in [7, 11) is 2.21. The molecule has 4 heterocycles. The number of piperidine rings is 1. The molecule has 0 amide bonds. The van der Waals surface area contributed by atoms with E-state index in [-0.39, 0.29) is 5.60 Å². The summed E-state index contributed by atoms with van der Waals surface area (Å²) in [5, 5.41) is 0. The Morgan fingerprint density at radius 3 is 2.46 bits per heavy atom. The second kappa shape index (κ2) is 7.82. The Labute approximate surface area is 156 Å². The average Bonchev–Trinajstić information content (AvgIpc) is 3.10. The van der Waals surface area contributed by atoms with Crippen LogP contribution in [-0.2, 0) is 17.8 Å². The zero-order valence-corrected chi connectivity index (χ0v) is 15.6. The van der Waals surface area contributed by atoms with E-state index in [4.69, 9.17) is 4.74 Å². The maximum Gasteiger partial charge on any atom is 0.0723 e. The van der Waals surface area contributed by atoms with Gasteiger partial charge < -0.3 is 4.74 Å². The summed E-state index contributed by atoms with van der Waals surface area (Å²) >= 11 is 0. The van der Waals surface area contributed by atoms with E-state index < -0.39 is 0 Å². The topological polar surface area (TPSA) is 41.5 Å². The Hall–Kier alpha value is -1.82. The van der Waals surface area contributed by atoms with Gasteiger partial charge >= 0.3 is 0 Å². The lowest BCUT2D eigenvalue weighted by Gasteiger charge is -2.39. The number of likely N-dealkylation sites (N-methyl/N-ethyl adjacent to an activating group) is 1. The number of pyridine rings is 2. The number of hydrogen-bond donors (Lipinski definition) is 0. The second-order valence-electron chi connectivity index (χ2n) is 7.77. The third-order valence-electron chi connectivity index (χ3n) is 5.86. The SMILES string of the molecule is CN(Cc1cccnc1)[C@H]1COC2(CCN(Cc3cccnc3)CC2)C1. The van der Waals surface area contributed by atoms with Crippen LogP contribution in [0, 0.1) is 0 Å². The molecule has 0 saturated carbocycles. The molecule has 4 rings (SSSR count). The Balaban J connectivity index is 1.28. The molecule has 138 valence electrons. The molecular formula is C21H28N4O. The van der Waals surface area contributed by atoms with Gasteiger partial charge in [-0.15, -0.1) is 0 Å². The minimum absolute atomic E-state index is 0.0826. The van der Waals surface area contributed by atoms with Gasteiger partial charge in [0.1, 0.15) is 0 Å². The third kappa shape index (κ3) is 4.11. The van der Waals surface area contributed by atoms with Gasteiger partial charge in [-0.05, 0) is 49.6 Å².